The summed E-state index contributed by atoms with van der Waals surface area (Å²) < 4.78 is 0. The largest absolute Gasteiger partial charge is 0.309 e. The average Bonchev–Trinajstić information content (AvgIpc) is 2.96. The maximum Gasteiger partial charge on any atom is 0.239 e. The SMILES string of the molecule is O=C(CNC1CC1)Nc1cc(Cl)nc(Cl)n1. The molecule has 0 spiro atoms. The van der Waals surface area contributed by atoms with Gasteiger partial charge in [0.25, 0.3) is 0 Å². The summed E-state index contributed by atoms with van der Waals surface area (Å²) in [6.45, 7) is 0.268. The van der Waals surface area contributed by atoms with Crippen LogP contribution < -0.4 is 10.6 Å². The van der Waals surface area contributed by atoms with Gasteiger partial charge in [0.2, 0.25) is 11.2 Å². The van der Waals surface area contributed by atoms with Gasteiger partial charge < -0.3 is 10.6 Å². The molecule has 7 heteroatoms. The van der Waals surface area contributed by atoms with E-state index in [1.54, 1.807) is 0 Å². The predicted octanol–water partition coefficient (Wildman–Crippen LogP) is 1.47. The molecule has 0 bridgehead atoms. The first-order valence-electron chi connectivity index (χ1n) is 4.87. The smallest absolute Gasteiger partial charge is 0.239 e. The second kappa shape index (κ2) is 4.95. The first-order chi connectivity index (χ1) is 7.63. The maximum absolute atomic E-state index is 11.4. The standard InChI is InChI=1S/C9H10Cl2N4O/c10-6-3-7(15-9(11)13-6)14-8(16)4-12-5-1-2-5/h3,5,12H,1-2,4H2,(H,13,14,15,16). The molecule has 5 nitrogen and oxygen atoms in total. The van der Waals surface area contributed by atoms with E-state index in [0.717, 1.165) is 12.8 Å². The Balaban J connectivity index is 1.88. The number of hydrogen-bond donors (Lipinski definition) is 2. The predicted molar refractivity (Wildman–Crippen MR) is 61.7 cm³/mol. The van der Waals surface area contributed by atoms with Crippen LogP contribution in [-0.4, -0.2) is 28.5 Å². The summed E-state index contributed by atoms with van der Waals surface area (Å²) in [4.78, 5) is 19.0. The lowest BCUT2D eigenvalue weighted by molar-refractivity contribution is -0.115. The fourth-order valence-corrected chi connectivity index (χ4v) is 1.57. The highest BCUT2D eigenvalue weighted by Crippen LogP contribution is 2.18. The van der Waals surface area contributed by atoms with Crippen molar-refractivity contribution >= 4 is 34.9 Å². The molecule has 1 aliphatic carbocycles. The number of rotatable bonds is 4. The van der Waals surface area contributed by atoms with Crippen molar-refractivity contribution in [3.05, 3.63) is 16.5 Å². The van der Waals surface area contributed by atoms with Crippen LogP contribution >= 0.6 is 23.2 Å². The summed E-state index contributed by atoms with van der Waals surface area (Å²) in [6.07, 6.45) is 2.27. The molecule has 1 aliphatic rings. The minimum absolute atomic E-state index is 0.0120. The molecule has 0 aliphatic heterocycles. The van der Waals surface area contributed by atoms with Crippen LogP contribution in [0.4, 0.5) is 5.82 Å². The van der Waals surface area contributed by atoms with Crippen LogP contribution in [-0.2, 0) is 4.79 Å². The molecule has 2 N–H and O–H groups in total. The summed E-state index contributed by atoms with van der Waals surface area (Å²) in [6, 6.07) is 1.94. The molecular formula is C9H10Cl2N4O. The van der Waals surface area contributed by atoms with E-state index >= 15 is 0 Å². The molecule has 0 atom stereocenters. The Morgan fingerprint density at radius 3 is 2.81 bits per heavy atom. The highest BCUT2D eigenvalue weighted by atomic mass is 35.5. The van der Waals surface area contributed by atoms with Gasteiger partial charge >= 0.3 is 0 Å². The van der Waals surface area contributed by atoms with Crippen LogP contribution in [0.5, 0.6) is 0 Å². The van der Waals surface area contributed by atoms with Crippen molar-refractivity contribution in [3.8, 4) is 0 Å². The number of carbonyl (C=O) groups is 1. The fraction of sp³-hybridized carbons (Fsp3) is 0.444. The number of aromatic nitrogens is 2. The van der Waals surface area contributed by atoms with Gasteiger partial charge in [-0.05, 0) is 24.4 Å². The van der Waals surface area contributed by atoms with Gasteiger partial charge in [-0.1, -0.05) is 11.6 Å². The summed E-state index contributed by atoms with van der Waals surface area (Å²) in [5, 5.41) is 5.88. The molecule has 86 valence electrons. The van der Waals surface area contributed by atoms with Crippen LogP contribution in [0.25, 0.3) is 0 Å². The van der Waals surface area contributed by atoms with E-state index in [1.807, 2.05) is 0 Å². The van der Waals surface area contributed by atoms with Crippen LogP contribution in [0, 0.1) is 0 Å². The lowest BCUT2D eigenvalue weighted by Crippen LogP contribution is -2.29. The normalized spacial score (nSPS) is 14.9. The zero-order valence-electron chi connectivity index (χ0n) is 8.33. The molecule has 2 rings (SSSR count). The molecule has 0 radical (unpaired) electrons. The molecular weight excluding hydrogens is 251 g/mol. The van der Waals surface area contributed by atoms with E-state index in [0.29, 0.717) is 11.9 Å². The van der Waals surface area contributed by atoms with Crippen LogP contribution in [0.1, 0.15) is 12.8 Å². The Morgan fingerprint density at radius 2 is 2.19 bits per heavy atom. The topological polar surface area (TPSA) is 66.9 Å². The van der Waals surface area contributed by atoms with Crippen molar-refractivity contribution < 1.29 is 4.79 Å². The van der Waals surface area contributed by atoms with Crippen molar-refractivity contribution in [3.63, 3.8) is 0 Å². The number of hydrogen-bond acceptors (Lipinski definition) is 4. The zero-order valence-corrected chi connectivity index (χ0v) is 9.85. The average molecular weight is 261 g/mol. The van der Waals surface area contributed by atoms with E-state index in [1.165, 1.54) is 6.07 Å². The third-order valence-corrected chi connectivity index (χ3v) is 2.43. The van der Waals surface area contributed by atoms with Crippen molar-refractivity contribution in [2.24, 2.45) is 0 Å². The summed E-state index contributed by atoms with van der Waals surface area (Å²) in [5.41, 5.74) is 0. The Kier molecular flexibility index (Phi) is 3.58. The van der Waals surface area contributed by atoms with E-state index in [4.69, 9.17) is 23.2 Å². The Bertz CT molecular complexity index is 388. The highest BCUT2D eigenvalue weighted by Gasteiger charge is 2.21. The van der Waals surface area contributed by atoms with Gasteiger partial charge in [0, 0.05) is 12.1 Å². The van der Waals surface area contributed by atoms with Gasteiger partial charge in [-0.15, -0.1) is 0 Å². The van der Waals surface area contributed by atoms with Gasteiger partial charge in [-0.2, -0.15) is 0 Å². The van der Waals surface area contributed by atoms with Gasteiger partial charge in [0.15, 0.2) is 0 Å². The van der Waals surface area contributed by atoms with Crippen molar-refractivity contribution in [2.45, 2.75) is 18.9 Å². The van der Waals surface area contributed by atoms with Crippen molar-refractivity contribution in [2.75, 3.05) is 11.9 Å². The monoisotopic (exact) mass is 260 g/mol. The van der Waals surface area contributed by atoms with Crippen LogP contribution in [0.2, 0.25) is 10.4 Å². The Morgan fingerprint density at radius 1 is 1.44 bits per heavy atom. The number of nitrogens with one attached hydrogen (secondary N) is 2. The molecule has 16 heavy (non-hydrogen) atoms. The minimum Gasteiger partial charge on any atom is -0.309 e. The summed E-state index contributed by atoms with van der Waals surface area (Å²) in [7, 11) is 0. The Hall–Kier alpha value is -0.910. The molecule has 1 heterocycles. The summed E-state index contributed by atoms with van der Waals surface area (Å²) >= 11 is 11.3. The number of anilines is 1. The minimum atomic E-state index is -0.169. The number of halogens is 2. The van der Waals surface area contributed by atoms with E-state index < -0.39 is 0 Å². The third kappa shape index (κ3) is 3.59. The Labute approximate surface area is 103 Å². The number of amides is 1. The second-order valence-electron chi connectivity index (χ2n) is 3.55. The van der Waals surface area contributed by atoms with E-state index in [9.17, 15) is 4.79 Å². The molecule has 0 aromatic carbocycles. The van der Waals surface area contributed by atoms with Crippen LogP contribution in [0.15, 0.2) is 6.07 Å². The number of nitrogens with zero attached hydrogens (tertiary/aromatic N) is 2. The fourth-order valence-electron chi connectivity index (χ4n) is 1.17. The first-order valence-corrected chi connectivity index (χ1v) is 5.62. The van der Waals surface area contributed by atoms with E-state index in [2.05, 4.69) is 20.6 Å². The van der Waals surface area contributed by atoms with Crippen molar-refractivity contribution in [1.82, 2.24) is 15.3 Å². The molecule has 0 saturated heterocycles. The van der Waals surface area contributed by atoms with Crippen LogP contribution in [0.3, 0.4) is 0 Å². The summed E-state index contributed by atoms with van der Waals surface area (Å²) in [5.74, 6) is 0.144. The first kappa shape index (κ1) is 11.6. The quantitative estimate of drug-likeness (QED) is 0.636. The zero-order chi connectivity index (χ0) is 11.5. The lowest BCUT2D eigenvalue weighted by atomic mass is 10.5. The second-order valence-corrected chi connectivity index (χ2v) is 4.27. The molecule has 1 aromatic heterocycles. The van der Waals surface area contributed by atoms with Crippen molar-refractivity contribution in [1.29, 1.82) is 0 Å². The highest BCUT2D eigenvalue weighted by molar-refractivity contribution is 6.32. The lowest BCUT2D eigenvalue weighted by Gasteiger charge is -2.05. The third-order valence-electron chi connectivity index (χ3n) is 2.06. The molecule has 1 amide bonds. The molecule has 1 fully saturated rings. The van der Waals surface area contributed by atoms with Gasteiger partial charge in [-0.3, -0.25) is 4.79 Å². The van der Waals surface area contributed by atoms with E-state index in [-0.39, 0.29) is 22.9 Å². The van der Waals surface area contributed by atoms with Gasteiger partial charge in [0.05, 0.1) is 6.54 Å². The molecule has 0 unspecified atom stereocenters. The van der Waals surface area contributed by atoms with Gasteiger partial charge in [0.1, 0.15) is 11.0 Å². The maximum atomic E-state index is 11.4. The molecule has 1 saturated carbocycles. The van der Waals surface area contributed by atoms with Gasteiger partial charge in [-0.25, -0.2) is 9.97 Å². The molecule has 1 aromatic rings. The number of carbonyl (C=O) groups excluding carboxylic acids is 1.